The van der Waals surface area contributed by atoms with Crippen LogP contribution in [0.2, 0.25) is 0 Å². The molecule has 1 amide bonds. The highest BCUT2D eigenvalue weighted by atomic mass is 16.1. The van der Waals surface area contributed by atoms with Crippen LogP contribution in [0.1, 0.15) is 39.5 Å². The van der Waals surface area contributed by atoms with Crippen molar-refractivity contribution in [2.45, 2.75) is 39.5 Å². The Bertz CT molecular complexity index is 97.4. The van der Waals surface area contributed by atoms with E-state index >= 15 is 0 Å². The van der Waals surface area contributed by atoms with Gasteiger partial charge in [-0.2, -0.15) is 0 Å². The number of nitrogens with two attached hydrogens (primary N) is 1. The summed E-state index contributed by atoms with van der Waals surface area (Å²) < 4.78 is 0. The molecule has 0 radical (unpaired) electrons. The molecule has 0 unspecified atom stereocenters. The first-order valence-electron chi connectivity index (χ1n) is 3.99. The monoisotopic (exact) mass is 143 g/mol. The van der Waals surface area contributed by atoms with E-state index in [1.54, 1.807) is 0 Å². The van der Waals surface area contributed by atoms with Crippen molar-refractivity contribution >= 4 is 5.91 Å². The van der Waals surface area contributed by atoms with Gasteiger partial charge in [-0.25, -0.2) is 0 Å². The Hall–Kier alpha value is -0.530. The minimum Gasteiger partial charge on any atom is -0.370 e. The molecule has 0 rings (SSSR count). The van der Waals surface area contributed by atoms with Gasteiger partial charge in [-0.15, -0.1) is 0 Å². The second kappa shape index (κ2) is 5.27. The fraction of sp³-hybridized carbons (Fsp3) is 0.875. The van der Waals surface area contributed by atoms with Crippen molar-refractivity contribution in [2.75, 3.05) is 0 Å². The van der Waals surface area contributed by atoms with Gasteiger partial charge in [0.15, 0.2) is 0 Å². The number of primary amides is 1. The van der Waals surface area contributed by atoms with Crippen LogP contribution in [0.15, 0.2) is 0 Å². The molecule has 0 aromatic carbocycles. The molecule has 0 bridgehead atoms. The summed E-state index contributed by atoms with van der Waals surface area (Å²) in [5.74, 6) is 0.513. The summed E-state index contributed by atoms with van der Waals surface area (Å²) in [7, 11) is 0. The molecule has 0 aliphatic heterocycles. The molecule has 60 valence electrons. The van der Waals surface area contributed by atoms with Crippen LogP contribution in [0.3, 0.4) is 0 Å². The normalized spacial score (nSPS) is 10.3. The topological polar surface area (TPSA) is 43.1 Å². The van der Waals surface area contributed by atoms with E-state index in [4.69, 9.17) is 5.73 Å². The van der Waals surface area contributed by atoms with Crippen LogP contribution < -0.4 is 5.73 Å². The van der Waals surface area contributed by atoms with E-state index in [9.17, 15) is 4.79 Å². The third-order valence-electron chi connectivity index (χ3n) is 1.95. The van der Waals surface area contributed by atoms with Crippen LogP contribution in [-0.2, 0) is 4.79 Å². The average Bonchev–Trinajstić information content (AvgIpc) is 1.90. The molecule has 0 aromatic heterocycles. The van der Waals surface area contributed by atoms with Gasteiger partial charge in [-0.05, 0) is 12.3 Å². The summed E-state index contributed by atoms with van der Waals surface area (Å²) in [5, 5.41) is 0. The van der Waals surface area contributed by atoms with Crippen molar-refractivity contribution in [3.05, 3.63) is 0 Å². The number of amides is 1. The highest BCUT2D eigenvalue weighted by Gasteiger charge is 2.04. The quantitative estimate of drug-likeness (QED) is 0.625. The van der Waals surface area contributed by atoms with Crippen molar-refractivity contribution in [3.8, 4) is 0 Å². The number of hydrogen-bond donors (Lipinski definition) is 1. The first kappa shape index (κ1) is 9.47. The van der Waals surface area contributed by atoms with Gasteiger partial charge < -0.3 is 5.73 Å². The maximum Gasteiger partial charge on any atom is 0.217 e. The van der Waals surface area contributed by atoms with E-state index in [1.165, 1.54) is 0 Å². The number of carbonyl (C=O) groups is 1. The second-order valence-corrected chi connectivity index (χ2v) is 2.69. The molecular formula is C8H17NO. The molecule has 2 nitrogen and oxygen atoms in total. The first-order chi connectivity index (χ1) is 4.70. The van der Waals surface area contributed by atoms with Crippen molar-refractivity contribution in [1.29, 1.82) is 0 Å². The van der Waals surface area contributed by atoms with Crippen molar-refractivity contribution < 1.29 is 4.79 Å². The van der Waals surface area contributed by atoms with Gasteiger partial charge in [-0.3, -0.25) is 4.79 Å². The van der Waals surface area contributed by atoms with Crippen molar-refractivity contribution in [1.82, 2.24) is 0 Å². The highest BCUT2D eigenvalue weighted by molar-refractivity contribution is 5.73. The SMILES string of the molecule is CCC(CC)CCC(N)=O. The van der Waals surface area contributed by atoms with Gasteiger partial charge in [0.05, 0.1) is 0 Å². The molecule has 0 aromatic rings. The Balaban J connectivity index is 3.34. The fourth-order valence-electron chi connectivity index (χ4n) is 1.04. The van der Waals surface area contributed by atoms with E-state index in [1.807, 2.05) is 0 Å². The van der Waals surface area contributed by atoms with Crippen molar-refractivity contribution in [2.24, 2.45) is 11.7 Å². The fourth-order valence-corrected chi connectivity index (χ4v) is 1.04. The number of carbonyl (C=O) groups excluding carboxylic acids is 1. The van der Waals surface area contributed by atoms with Gasteiger partial charge in [0.1, 0.15) is 0 Å². The van der Waals surface area contributed by atoms with Crippen LogP contribution in [0, 0.1) is 5.92 Å². The van der Waals surface area contributed by atoms with Crippen LogP contribution in [-0.4, -0.2) is 5.91 Å². The third kappa shape index (κ3) is 4.36. The molecule has 10 heavy (non-hydrogen) atoms. The summed E-state index contributed by atoms with van der Waals surface area (Å²) in [6.07, 6.45) is 3.82. The molecule has 0 aliphatic carbocycles. The Morgan fingerprint density at radius 1 is 1.40 bits per heavy atom. The summed E-state index contributed by atoms with van der Waals surface area (Å²) in [6.45, 7) is 4.30. The standard InChI is InChI=1S/C8H17NO/c1-3-7(4-2)5-6-8(9)10/h7H,3-6H2,1-2H3,(H2,9,10). The molecular weight excluding hydrogens is 126 g/mol. The smallest absolute Gasteiger partial charge is 0.217 e. The zero-order valence-electron chi connectivity index (χ0n) is 6.89. The summed E-state index contributed by atoms with van der Waals surface area (Å²) in [6, 6.07) is 0. The molecule has 2 N–H and O–H groups in total. The average molecular weight is 143 g/mol. The van der Waals surface area contributed by atoms with Crippen LogP contribution >= 0.6 is 0 Å². The lowest BCUT2D eigenvalue weighted by Gasteiger charge is -2.09. The van der Waals surface area contributed by atoms with Gasteiger partial charge >= 0.3 is 0 Å². The van der Waals surface area contributed by atoms with E-state index in [0.29, 0.717) is 12.3 Å². The number of rotatable bonds is 5. The van der Waals surface area contributed by atoms with E-state index < -0.39 is 0 Å². The van der Waals surface area contributed by atoms with E-state index in [2.05, 4.69) is 13.8 Å². The van der Waals surface area contributed by atoms with Gasteiger partial charge in [0.25, 0.3) is 0 Å². The van der Waals surface area contributed by atoms with Gasteiger partial charge in [0, 0.05) is 6.42 Å². The lowest BCUT2D eigenvalue weighted by molar-refractivity contribution is -0.118. The van der Waals surface area contributed by atoms with Gasteiger partial charge in [-0.1, -0.05) is 26.7 Å². The molecule has 2 heteroatoms. The molecule has 0 atom stereocenters. The van der Waals surface area contributed by atoms with E-state index in [-0.39, 0.29) is 5.91 Å². The predicted octanol–water partition coefficient (Wildman–Crippen LogP) is 1.69. The Kier molecular flexibility index (Phi) is 4.99. The Morgan fingerprint density at radius 3 is 2.20 bits per heavy atom. The second-order valence-electron chi connectivity index (χ2n) is 2.69. The lowest BCUT2D eigenvalue weighted by Crippen LogP contribution is -2.12. The van der Waals surface area contributed by atoms with E-state index in [0.717, 1.165) is 19.3 Å². The minimum atomic E-state index is -0.174. The minimum absolute atomic E-state index is 0.174. The largest absolute Gasteiger partial charge is 0.370 e. The third-order valence-corrected chi connectivity index (χ3v) is 1.95. The first-order valence-corrected chi connectivity index (χ1v) is 3.99. The molecule has 0 aliphatic rings. The Labute approximate surface area is 62.8 Å². The maximum atomic E-state index is 10.4. The summed E-state index contributed by atoms with van der Waals surface area (Å²) in [5.41, 5.74) is 5.01. The lowest BCUT2D eigenvalue weighted by atomic mass is 9.98. The van der Waals surface area contributed by atoms with Crippen LogP contribution in [0.4, 0.5) is 0 Å². The van der Waals surface area contributed by atoms with Crippen molar-refractivity contribution in [3.63, 3.8) is 0 Å². The summed E-state index contributed by atoms with van der Waals surface area (Å²) in [4.78, 5) is 10.4. The maximum absolute atomic E-state index is 10.4. The van der Waals surface area contributed by atoms with Crippen LogP contribution in [0.5, 0.6) is 0 Å². The highest BCUT2D eigenvalue weighted by Crippen LogP contribution is 2.13. The molecule has 0 fully saturated rings. The summed E-state index contributed by atoms with van der Waals surface area (Å²) >= 11 is 0. The molecule has 0 heterocycles. The molecule has 0 saturated heterocycles. The zero-order chi connectivity index (χ0) is 7.98. The number of hydrogen-bond acceptors (Lipinski definition) is 1. The molecule has 0 saturated carbocycles. The van der Waals surface area contributed by atoms with Crippen LogP contribution in [0.25, 0.3) is 0 Å². The predicted molar refractivity (Wildman–Crippen MR) is 42.5 cm³/mol. The Morgan fingerprint density at radius 2 is 1.90 bits per heavy atom. The van der Waals surface area contributed by atoms with Gasteiger partial charge in [0.2, 0.25) is 5.91 Å². The zero-order valence-corrected chi connectivity index (χ0v) is 6.89. The molecule has 0 spiro atoms.